The zero-order valence-corrected chi connectivity index (χ0v) is 17.0. The molecule has 1 aromatic rings. The molecule has 0 aliphatic carbocycles. The number of hydrogen-bond acceptors (Lipinski definition) is 6. The van der Waals surface area contributed by atoms with Gasteiger partial charge in [0.25, 0.3) is 11.8 Å². The fourth-order valence-corrected chi connectivity index (χ4v) is 3.19. The van der Waals surface area contributed by atoms with Crippen LogP contribution in [0, 0.1) is 11.8 Å². The number of amides is 2. The summed E-state index contributed by atoms with van der Waals surface area (Å²) in [6.45, 7) is 1.71. The molecule has 152 valence electrons. The highest BCUT2D eigenvalue weighted by molar-refractivity contribution is 6.22. The largest absolute Gasteiger partial charge is 0.385 e. The Hall–Kier alpha value is -2.82. The van der Waals surface area contributed by atoms with Crippen LogP contribution in [-0.2, 0) is 4.74 Å². The molecule has 1 unspecified atom stereocenters. The van der Waals surface area contributed by atoms with Crippen molar-refractivity contribution < 1.29 is 14.3 Å². The van der Waals surface area contributed by atoms with Crippen molar-refractivity contribution in [3.05, 3.63) is 47.2 Å². The van der Waals surface area contributed by atoms with Crippen molar-refractivity contribution in [1.82, 2.24) is 15.5 Å². The van der Waals surface area contributed by atoms with Gasteiger partial charge in [-0.2, -0.15) is 0 Å². The molecule has 3 rings (SSSR count). The Bertz CT molecular complexity index is 866. The first kappa shape index (κ1) is 20.9. The van der Waals surface area contributed by atoms with Gasteiger partial charge in [-0.3, -0.25) is 14.5 Å². The summed E-state index contributed by atoms with van der Waals surface area (Å²) < 4.78 is 5.04. The number of rotatable bonds is 7. The third-order valence-corrected chi connectivity index (χ3v) is 4.69. The molecule has 2 N–H and O–H groups in total. The number of aliphatic imine (C=N–C) groups is 1. The van der Waals surface area contributed by atoms with E-state index >= 15 is 0 Å². The smallest absolute Gasteiger partial charge is 0.261 e. The SMILES string of the molecule is COCCCNC1=NC(Cl)NC=C1C#CCCCN1C(=O)c2ccccc2C1=O. The van der Waals surface area contributed by atoms with Crippen molar-refractivity contribution in [2.45, 2.75) is 24.9 Å². The van der Waals surface area contributed by atoms with E-state index in [0.717, 1.165) is 12.0 Å². The maximum absolute atomic E-state index is 12.3. The number of amidine groups is 1. The summed E-state index contributed by atoms with van der Waals surface area (Å²) in [4.78, 5) is 30.3. The number of methoxy groups -OCH3 is 1. The van der Waals surface area contributed by atoms with Gasteiger partial charge in [0.1, 0.15) is 5.84 Å². The summed E-state index contributed by atoms with van der Waals surface area (Å²) in [5, 5.41) is 6.14. The monoisotopic (exact) mass is 414 g/mol. The molecular weight excluding hydrogens is 392 g/mol. The Kier molecular flexibility index (Phi) is 7.28. The van der Waals surface area contributed by atoms with Crippen molar-refractivity contribution in [3.8, 4) is 11.8 Å². The number of carbonyl (C=O) groups excluding carboxylic acids is 2. The highest BCUT2D eigenvalue weighted by atomic mass is 35.5. The number of benzene rings is 1. The lowest BCUT2D eigenvalue weighted by atomic mass is 10.1. The van der Waals surface area contributed by atoms with Crippen LogP contribution in [0.1, 0.15) is 40.0 Å². The summed E-state index contributed by atoms with van der Waals surface area (Å²) >= 11 is 6.01. The molecule has 7 nitrogen and oxygen atoms in total. The van der Waals surface area contributed by atoms with E-state index in [-0.39, 0.29) is 11.8 Å². The van der Waals surface area contributed by atoms with Crippen LogP contribution >= 0.6 is 11.6 Å². The van der Waals surface area contributed by atoms with E-state index in [0.29, 0.717) is 49.5 Å². The van der Waals surface area contributed by atoms with Crippen LogP contribution in [0.3, 0.4) is 0 Å². The molecule has 1 atom stereocenters. The van der Waals surface area contributed by atoms with Crippen LogP contribution in [0.25, 0.3) is 0 Å². The topological polar surface area (TPSA) is 83.0 Å². The Morgan fingerprint density at radius 2 is 1.97 bits per heavy atom. The normalized spacial score (nSPS) is 17.7. The Labute approximate surface area is 175 Å². The van der Waals surface area contributed by atoms with Crippen LogP contribution in [-0.4, -0.2) is 55.0 Å². The number of imide groups is 1. The van der Waals surface area contributed by atoms with Gasteiger partial charge in [0.2, 0.25) is 0 Å². The molecule has 1 aromatic carbocycles. The predicted molar refractivity (Wildman–Crippen MR) is 112 cm³/mol. The fourth-order valence-electron chi connectivity index (χ4n) is 3.03. The van der Waals surface area contributed by atoms with E-state index in [1.165, 1.54) is 4.90 Å². The van der Waals surface area contributed by atoms with Crippen LogP contribution < -0.4 is 10.6 Å². The van der Waals surface area contributed by atoms with Gasteiger partial charge in [-0.05, 0) is 25.0 Å². The molecule has 2 heterocycles. The van der Waals surface area contributed by atoms with Gasteiger partial charge in [-0.25, -0.2) is 4.99 Å². The van der Waals surface area contributed by atoms with Crippen LogP contribution in [0.5, 0.6) is 0 Å². The molecule has 2 aliphatic heterocycles. The molecule has 0 bridgehead atoms. The number of fused-ring (bicyclic) bond motifs is 1. The number of unbranched alkanes of at least 4 members (excludes halogenated alkanes) is 1. The van der Waals surface area contributed by atoms with Gasteiger partial charge in [0.15, 0.2) is 5.62 Å². The maximum atomic E-state index is 12.3. The molecule has 0 radical (unpaired) electrons. The van der Waals surface area contributed by atoms with Crippen molar-refractivity contribution in [2.24, 2.45) is 4.99 Å². The average Bonchev–Trinajstić information content (AvgIpc) is 2.97. The second-order valence-electron chi connectivity index (χ2n) is 6.52. The van der Waals surface area contributed by atoms with Gasteiger partial charge in [0, 0.05) is 39.4 Å². The number of alkyl halides is 1. The molecular formula is C21H23ClN4O3. The van der Waals surface area contributed by atoms with Crippen LogP contribution in [0.2, 0.25) is 0 Å². The van der Waals surface area contributed by atoms with Gasteiger partial charge in [-0.15, -0.1) is 0 Å². The van der Waals surface area contributed by atoms with Crippen molar-refractivity contribution in [2.75, 3.05) is 26.8 Å². The first-order valence-electron chi connectivity index (χ1n) is 9.47. The number of halogens is 1. The summed E-state index contributed by atoms with van der Waals surface area (Å²) in [5.74, 6) is 6.33. The molecule has 0 spiro atoms. The molecule has 0 saturated carbocycles. The highest BCUT2D eigenvalue weighted by Gasteiger charge is 2.34. The molecule has 0 aromatic heterocycles. The van der Waals surface area contributed by atoms with Crippen molar-refractivity contribution in [1.29, 1.82) is 0 Å². The zero-order chi connectivity index (χ0) is 20.6. The number of carbonyl (C=O) groups is 2. The standard InChI is InChI=1S/C21H23ClN4O3/c1-29-13-7-11-23-18-15(14-24-21(22)25-18)8-3-2-6-12-26-19(27)16-9-4-5-10-17(16)20(26)28/h4-5,9-10,14,21,24H,2,6-7,11-13H2,1H3,(H,23,25). The summed E-state index contributed by atoms with van der Waals surface area (Å²) in [6, 6.07) is 6.89. The van der Waals surface area contributed by atoms with Crippen LogP contribution in [0.4, 0.5) is 0 Å². The fraction of sp³-hybridized carbons (Fsp3) is 0.381. The van der Waals surface area contributed by atoms with Crippen molar-refractivity contribution in [3.63, 3.8) is 0 Å². The van der Waals surface area contributed by atoms with Crippen LogP contribution in [0.15, 0.2) is 41.0 Å². The zero-order valence-electron chi connectivity index (χ0n) is 16.2. The van der Waals surface area contributed by atoms with E-state index in [4.69, 9.17) is 16.3 Å². The van der Waals surface area contributed by atoms with Gasteiger partial charge in [-0.1, -0.05) is 35.6 Å². The van der Waals surface area contributed by atoms with E-state index in [1.54, 1.807) is 37.6 Å². The molecule has 29 heavy (non-hydrogen) atoms. The third-order valence-electron chi connectivity index (χ3n) is 4.47. The molecule has 2 amide bonds. The van der Waals surface area contributed by atoms with Crippen molar-refractivity contribution >= 4 is 29.3 Å². The lowest BCUT2D eigenvalue weighted by Gasteiger charge is -2.17. The summed E-state index contributed by atoms with van der Waals surface area (Å²) in [6.07, 6.45) is 3.73. The second-order valence-corrected chi connectivity index (χ2v) is 6.94. The first-order chi connectivity index (χ1) is 14.1. The molecule has 8 heteroatoms. The summed E-state index contributed by atoms with van der Waals surface area (Å²) in [7, 11) is 1.66. The van der Waals surface area contributed by atoms with E-state index < -0.39 is 5.62 Å². The third kappa shape index (κ3) is 5.17. The minimum absolute atomic E-state index is 0.236. The Morgan fingerprint density at radius 1 is 1.24 bits per heavy atom. The minimum atomic E-state index is -0.528. The molecule has 0 fully saturated rings. The minimum Gasteiger partial charge on any atom is -0.385 e. The number of nitrogens with one attached hydrogen (secondary N) is 2. The van der Waals surface area contributed by atoms with Gasteiger partial charge >= 0.3 is 0 Å². The molecule has 2 aliphatic rings. The number of hydrogen-bond donors (Lipinski definition) is 2. The van der Waals surface area contributed by atoms with Gasteiger partial charge < -0.3 is 15.4 Å². The predicted octanol–water partition coefficient (Wildman–Crippen LogP) is 2.10. The number of nitrogens with zero attached hydrogens (tertiary/aromatic N) is 2. The van der Waals surface area contributed by atoms with E-state index in [9.17, 15) is 9.59 Å². The lowest BCUT2D eigenvalue weighted by molar-refractivity contribution is 0.0653. The summed E-state index contributed by atoms with van der Waals surface area (Å²) in [5.41, 5.74) is 1.13. The average molecular weight is 415 g/mol. The molecule has 0 saturated heterocycles. The Balaban J connectivity index is 1.50. The van der Waals surface area contributed by atoms with E-state index in [2.05, 4.69) is 27.5 Å². The van der Waals surface area contributed by atoms with E-state index in [1.807, 2.05) is 0 Å². The Morgan fingerprint density at radius 3 is 2.66 bits per heavy atom. The first-order valence-corrected chi connectivity index (χ1v) is 9.91. The quantitative estimate of drug-likeness (QED) is 0.235. The van der Waals surface area contributed by atoms with Gasteiger partial charge in [0.05, 0.1) is 16.7 Å². The highest BCUT2D eigenvalue weighted by Crippen LogP contribution is 2.22. The second kappa shape index (κ2) is 10.1. The number of ether oxygens (including phenoxy) is 1. The lowest BCUT2D eigenvalue weighted by Crippen LogP contribution is -2.34. The maximum Gasteiger partial charge on any atom is 0.261 e.